The van der Waals surface area contributed by atoms with Gasteiger partial charge in [-0.05, 0) is 19.3 Å². The van der Waals surface area contributed by atoms with Gasteiger partial charge in [-0.1, -0.05) is 20.8 Å². The molecule has 5 atom stereocenters. The fraction of sp³-hybridized carbons (Fsp3) is 0.917. The van der Waals surface area contributed by atoms with Gasteiger partial charge in [0, 0.05) is 12.8 Å². The largest absolute Gasteiger partial charge is 0.460 e. The summed E-state index contributed by atoms with van der Waals surface area (Å²) in [4.78, 5) is 11.0. The van der Waals surface area contributed by atoms with E-state index in [0.29, 0.717) is 17.9 Å². The summed E-state index contributed by atoms with van der Waals surface area (Å²) in [7, 11) is 0. The van der Waals surface area contributed by atoms with Crippen LogP contribution in [0.1, 0.15) is 41.0 Å². The molecule has 1 aliphatic rings. The van der Waals surface area contributed by atoms with Gasteiger partial charge < -0.3 is 9.47 Å². The van der Waals surface area contributed by atoms with Gasteiger partial charge in [-0.2, -0.15) is 0 Å². The molecule has 0 aromatic carbocycles. The lowest BCUT2D eigenvalue weighted by Gasteiger charge is -2.42. The standard InChI is InChI=1S/C12H22O3/c1-6-11-7(2)8(3)12(9(4)14-11)15-10(5)13/h7-9,11-12H,6H2,1-5H3/t7-,8-,9-,11?,12?/m0/s1. The molecule has 0 aromatic rings. The van der Waals surface area contributed by atoms with Gasteiger partial charge in [0.05, 0.1) is 12.2 Å². The molecule has 0 amide bonds. The van der Waals surface area contributed by atoms with Crippen molar-refractivity contribution >= 4 is 5.97 Å². The minimum Gasteiger partial charge on any atom is -0.460 e. The number of ether oxygens (including phenoxy) is 2. The molecule has 3 heteroatoms. The Morgan fingerprint density at radius 2 is 1.87 bits per heavy atom. The Morgan fingerprint density at radius 1 is 1.27 bits per heavy atom. The lowest BCUT2D eigenvalue weighted by Crippen LogP contribution is -2.49. The van der Waals surface area contributed by atoms with E-state index in [-0.39, 0.29) is 18.2 Å². The number of hydrogen-bond donors (Lipinski definition) is 0. The molecule has 0 saturated carbocycles. The maximum Gasteiger partial charge on any atom is 0.303 e. The van der Waals surface area contributed by atoms with E-state index in [2.05, 4.69) is 20.8 Å². The number of carbonyl (C=O) groups is 1. The van der Waals surface area contributed by atoms with Crippen LogP contribution in [0.5, 0.6) is 0 Å². The summed E-state index contributed by atoms with van der Waals surface area (Å²) in [5.41, 5.74) is 0. The molecule has 0 aliphatic carbocycles. The minimum atomic E-state index is -0.218. The second-order valence-corrected chi connectivity index (χ2v) is 4.58. The second kappa shape index (κ2) is 4.97. The van der Waals surface area contributed by atoms with Crippen molar-refractivity contribution in [2.45, 2.75) is 59.4 Å². The van der Waals surface area contributed by atoms with Gasteiger partial charge in [0.25, 0.3) is 0 Å². The molecular formula is C12H22O3. The van der Waals surface area contributed by atoms with Crippen molar-refractivity contribution in [3.8, 4) is 0 Å². The summed E-state index contributed by atoms with van der Waals surface area (Å²) >= 11 is 0. The molecule has 0 N–H and O–H groups in total. The van der Waals surface area contributed by atoms with Gasteiger partial charge in [0.1, 0.15) is 6.10 Å². The summed E-state index contributed by atoms with van der Waals surface area (Å²) < 4.78 is 11.2. The molecule has 1 fully saturated rings. The molecular weight excluding hydrogens is 192 g/mol. The highest BCUT2D eigenvalue weighted by Gasteiger charge is 2.40. The zero-order valence-corrected chi connectivity index (χ0v) is 10.3. The van der Waals surface area contributed by atoms with E-state index < -0.39 is 0 Å². The lowest BCUT2D eigenvalue weighted by molar-refractivity contribution is -0.190. The fourth-order valence-electron chi connectivity index (χ4n) is 2.41. The first-order valence-corrected chi connectivity index (χ1v) is 5.80. The third kappa shape index (κ3) is 2.71. The smallest absolute Gasteiger partial charge is 0.303 e. The monoisotopic (exact) mass is 214 g/mol. The molecule has 1 aliphatic heterocycles. The Hall–Kier alpha value is -0.570. The predicted molar refractivity (Wildman–Crippen MR) is 58.5 cm³/mol. The van der Waals surface area contributed by atoms with Crippen LogP contribution in [0.3, 0.4) is 0 Å². The molecule has 0 spiro atoms. The highest BCUT2D eigenvalue weighted by Crippen LogP contribution is 2.33. The number of hydrogen-bond acceptors (Lipinski definition) is 3. The van der Waals surface area contributed by atoms with E-state index in [4.69, 9.17) is 9.47 Å². The van der Waals surface area contributed by atoms with Crippen LogP contribution in [0.15, 0.2) is 0 Å². The predicted octanol–water partition coefficient (Wildman–Crippen LogP) is 2.39. The van der Waals surface area contributed by atoms with Crippen LogP contribution in [0.2, 0.25) is 0 Å². The molecule has 0 radical (unpaired) electrons. The highest BCUT2D eigenvalue weighted by atomic mass is 16.6. The van der Waals surface area contributed by atoms with Gasteiger partial charge in [0.15, 0.2) is 0 Å². The van der Waals surface area contributed by atoms with Crippen LogP contribution in [0.4, 0.5) is 0 Å². The van der Waals surface area contributed by atoms with Crippen LogP contribution in [-0.2, 0) is 14.3 Å². The normalized spacial score (nSPS) is 41.3. The third-order valence-corrected chi connectivity index (χ3v) is 3.49. The summed E-state index contributed by atoms with van der Waals surface area (Å²) in [5.74, 6) is 0.586. The molecule has 1 saturated heterocycles. The van der Waals surface area contributed by atoms with Crippen molar-refractivity contribution in [1.29, 1.82) is 0 Å². The van der Waals surface area contributed by atoms with Gasteiger partial charge in [-0.15, -0.1) is 0 Å². The van der Waals surface area contributed by atoms with Crippen molar-refractivity contribution in [3.63, 3.8) is 0 Å². The van der Waals surface area contributed by atoms with Gasteiger partial charge in [0.2, 0.25) is 0 Å². The van der Waals surface area contributed by atoms with Crippen molar-refractivity contribution in [3.05, 3.63) is 0 Å². The van der Waals surface area contributed by atoms with Gasteiger partial charge in [-0.25, -0.2) is 0 Å². The number of esters is 1. The van der Waals surface area contributed by atoms with E-state index in [1.54, 1.807) is 0 Å². The van der Waals surface area contributed by atoms with E-state index >= 15 is 0 Å². The third-order valence-electron chi connectivity index (χ3n) is 3.49. The number of rotatable bonds is 2. The average molecular weight is 214 g/mol. The molecule has 15 heavy (non-hydrogen) atoms. The van der Waals surface area contributed by atoms with Crippen LogP contribution >= 0.6 is 0 Å². The van der Waals surface area contributed by atoms with Crippen LogP contribution in [-0.4, -0.2) is 24.3 Å². The summed E-state index contributed by atoms with van der Waals surface area (Å²) in [6.45, 7) is 9.88. The molecule has 1 heterocycles. The minimum absolute atomic E-state index is 0.00468. The Labute approximate surface area is 92.1 Å². The average Bonchev–Trinajstić information content (AvgIpc) is 2.18. The summed E-state index contributed by atoms with van der Waals surface area (Å²) in [5, 5.41) is 0. The maximum atomic E-state index is 11.0. The molecule has 2 unspecified atom stereocenters. The molecule has 0 bridgehead atoms. The lowest BCUT2D eigenvalue weighted by atomic mass is 9.81. The Balaban J connectivity index is 2.70. The topological polar surface area (TPSA) is 35.5 Å². The van der Waals surface area contributed by atoms with E-state index in [1.807, 2.05) is 6.92 Å². The first-order chi connectivity index (χ1) is 6.97. The Kier molecular flexibility index (Phi) is 4.14. The maximum absolute atomic E-state index is 11.0. The number of carbonyl (C=O) groups excluding carboxylic acids is 1. The first kappa shape index (κ1) is 12.5. The van der Waals surface area contributed by atoms with Crippen LogP contribution in [0.25, 0.3) is 0 Å². The van der Waals surface area contributed by atoms with Crippen molar-refractivity contribution in [2.24, 2.45) is 11.8 Å². The van der Waals surface area contributed by atoms with Gasteiger partial charge in [-0.3, -0.25) is 4.79 Å². The van der Waals surface area contributed by atoms with Crippen LogP contribution in [0, 0.1) is 11.8 Å². The van der Waals surface area contributed by atoms with E-state index in [0.717, 1.165) is 6.42 Å². The summed E-state index contributed by atoms with van der Waals surface area (Å²) in [6, 6.07) is 0. The van der Waals surface area contributed by atoms with Crippen molar-refractivity contribution < 1.29 is 14.3 Å². The zero-order valence-electron chi connectivity index (χ0n) is 10.3. The summed E-state index contributed by atoms with van der Waals surface area (Å²) in [6.07, 6.45) is 1.22. The SMILES string of the molecule is CCC1O[C@@H](C)C(OC(C)=O)[C@@H](C)[C@@H]1C. The fourth-order valence-corrected chi connectivity index (χ4v) is 2.41. The molecule has 0 aromatic heterocycles. The Bertz CT molecular complexity index is 227. The van der Waals surface area contributed by atoms with E-state index in [9.17, 15) is 4.79 Å². The first-order valence-electron chi connectivity index (χ1n) is 5.80. The molecule has 88 valence electrons. The van der Waals surface area contributed by atoms with Gasteiger partial charge >= 0.3 is 5.97 Å². The second-order valence-electron chi connectivity index (χ2n) is 4.58. The quantitative estimate of drug-likeness (QED) is 0.662. The van der Waals surface area contributed by atoms with Crippen molar-refractivity contribution in [1.82, 2.24) is 0 Å². The Morgan fingerprint density at radius 3 is 2.33 bits per heavy atom. The van der Waals surface area contributed by atoms with E-state index in [1.165, 1.54) is 6.92 Å². The molecule has 1 rings (SSSR count). The van der Waals surface area contributed by atoms with Crippen LogP contribution < -0.4 is 0 Å². The van der Waals surface area contributed by atoms with Crippen molar-refractivity contribution in [2.75, 3.05) is 0 Å². The zero-order chi connectivity index (χ0) is 11.6. The highest BCUT2D eigenvalue weighted by molar-refractivity contribution is 5.66. The molecule has 3 nitrogen and oxygen atoms in total.